The molecule has 25 heavy (non-hydrogen) atoms. The smallest absolute Gasteiger partial charge is 0.416 e. The molecule has 0 saturated carbocycles. The Bertz CT molecular complexity index is 731. The molecule has 2 unspecified atom stereocenters. The molecule has 1 aromatic rings. The van der Waals surface area contributed by atoms with Crippen LogP contribution < -0.4 is 0 Å². The highest BCUT2D eigenvalue weighted by molar-refractivity contribution is 5.94. The first-order chi connectivity index (χ1) is 12.0. The van der Waals surface area contributed by atoms with Gasteiger partial charge in [-0.3, -0.25) is 4.79 Å². The topological polar surface area (TPSA) is 73.6 Å². The lowest BCUT2D eigenvalue weighted by molar-refractivity contribution is -0.132. The number of nitriles is 1. The lowest BCUT2D eigenvalue weighted by atomic mass is 9.88. The molecular weight excluding hydrogens is 325 g/mol. The normalized spacial score (nSPS) is 23.6. The molecule has 2 heterocycles. The molecule has 2 aliphatic rings. The molecule has 2 saturated heterocycles. The van der Waals surface area contributed by atoms with E-state index < -0.39 is 11.9 Å². The van der Waals surface area contributed by atoms with Gasteiger partial charge in [0.15, 0.2) is 0 Å². The lowest BCUT2D eigenvalue weighted by Gasteiger charge is -2.21. The highest BCUT2D eigenvalue weighted by Crippen LogP contribution is 2.30. The highest BCUT2D eigenvalue weighted by atomic mass is 19.1. The summed E-state index contributed by atoms with van der Waals surface area (Å²) in [6.45, 7) is 4.54. The van der Waals surface area contributed by atoms with Crippen molar-refractivity contribution in [3.8, 4) is 6.07 Å². The molecule has 132 valence electrons. The van der Waals surface area contributed by atoms with E-state index in [0.29, 0.717) is 25.1 Å². The molecule has 2 atom stereocenters. The van der Waals surface area contributed by atoms with Crippen LogP contribution in [-0.4, -0.2) is 54.6 Å². The molecule has 0 N–H and O–H groups in total. The molecule has 3 rings (SSSR count). The Hall–Kier alpha value is -2.46. The van der Waals surface area contributed by atoms with Crippen molar-refractivity contribution in [1.82, 2.24) is 9.80 Å². The molecule has 0 spiro atoms. The van der Waals surface area contributed by atoms with Gasteiger partial charge < -0.3 is 9.64 Å². The second kappa shape index (κ2) is 7.19. The summed E-state index contributed by atoms with van der Waals surface area (Å²) in [5.74, 6) is -1.11. The number of likely N-dealkylation sites (tertiary alicyclic amines) is 1. The Labute approximate surface area is 145 Å². The van der Waals surface area contributed by atoms with Gasteiger partial charge in [0.2, 0.25) is 5.91 Å². The first-order valence-electron chi connectivity index (χ1n) is 8.42. The minimum Gasteiger partial charge on any atom is -0.447 e. The number of cyclic esters (lactones) is 1. The van der Waals surface area contributed by atoms with Crippen molar-refractivity contribution in [3.63, 3.8) is 0 Å². The van der Waals surface area contributed by atoms with E-state index >= 15 is 0 Å². The quantitative estimate of drug-likeness (QED) is 0.832. The molecule has 2 fully saturated rings. The van der Waals surface area contributed by atoms with Crippen molar-refractivity contribution in [2.75, 3.05) is 32.8 Å². The number of amides is 2. The second-order valence-electron chi connectivity index (χ2n) is 6.45. The Kier molecular flexibility index (Phi) is 5.00. The molecular formula is C18H20FN3O3. The zero-order valence-electron chi connectivity index (χ0n) is 14.1. The number of carbonyl (C=O) groups excluding carboxylic acids is 2. The van der Waals surface area contributed by atoms with Crippen molar-refractivity contribution in [2.24, 2.45) is 11.8 Å². The van der Waals surface area contributed by atoms with Crippen LogP contribution in [0.3, 0.4) is 0 Å². The summed E-state index contributed by atoms with van der Waals surface area (Å²) in [5, 5.41) is 8.85. The average molecular weight is 345 g/mol. The van der Waals surface area contributed by atoms with E-state index in [0.717, 1.165) is 11.4 Å². The zero-order valence-corrected chi connectivity index (χ0v) is 14.1. The summed E-state index contributed by atoms with van der Waals surface area (Å²) >= 11 is 0. The summed E-state index contributed by atoms with van der Waals surface area (Å²) in [6, 6.07) is 6.32. The van der Waals surface area contributed by atoms with Crippen LogP contribution in [0.5, 0.6) is 0 Å². The van der Waals surface area contributed by atoms with Gasteiger partial charge in [0.05, 0.1) is 24.1 Å². The number of ether oxygens (including phenoxy) is 1. The highest BCUT2D eigenvalue weighted by Gasteiger charge is 2.42. The number of imide groups is 1. The maximum absolute atomic E-state index is 14.2. The van der Waals surface area contributed by atoms with Crippen molar-refractivity contribution >= 4 is 12.0 Å². The number of hydrogen-bond acceptors (Lipinski definition) is 5. The Morgan fingerprint density at radius 1 is 1.44 bits per heavy atom. The average Bonchev–Trinajstić information content (AvgIpc) is 3.22. The standard InChI is InChI=1S/C18H20FN3O3/c1-2-21-10-14(8-13-4-3-12(9-20)7-16(13)19)15(11-21)17(23)22-5-6-25-18(22)24/h3-4,7,14-15H,2,5-6,8,10-11H2,1H3. The molecule has 0 bridgehead atoms. The van der Waals surface area contributed by atoms with Gasteiger partial charge in [0, 0.05) is 13.1 Å². The number of nitrogens with zero attached hydrogens (tertiary/aromatic N) is 3. The molecule has 1 aromatic carbocycles. The minimum atomic E-state index is -0.594. The summed E-state index contributed by atoms with van der Waals surface area (Å²) < 4.78 is 19.1. The van der Waals surface area contributed by atoms with Crippen LogP contribution >= 0.6 is 0 Å². The number of halogens is 1. The van der Waals surface area contributed by atoms with Crippen LogP contribution in [0.4, 0.5) is 9.18 Å². The number of benzene rings is 1. The van der Waals surface area contributed by atoms with Crippen LogP contribution in [0.2, 0.25) is 0 Å². The molecule has 0 aliphatic carbocycles. The van der Waals surface area contributed by atoms with Crippen LogP contribution in [-0.2, 0) is 16.0 Å². The Morgan fingerprint density at radius 3 is 2.84 bits per heavy atom. The van der Waals surface area contributed by atoms with Crippen LogP contribution in [0, 0.1) is 29.0 Å². The predicted molar refractivity (Wildman–Crippen MR) is 87.0 cm³/mol. The first kappa shape index (κ1) is 17.4. The predicted octanol–water partition coefficient (Wildman–Crippen LogP) is 1.79. The third-order valence-electron chi connectivity index (χ3n) is 4.97. The van der Waals surface area contributed by atoms with Gasteiger partial charge in [-0.05, 0) is 36.6 Å². The number of rotatable bonds is 4. The summed E-state index contributed by atoms with van der Waals surface area (Å²) in [4.78, 5) is 27.8. The molecule has 6 nitrogen and oxygen atoms in total. The van der Waals surface area contributed by atoms with Crippen molar-refractivity contribution in [2.45, 2.75) is 13.3 Å². The van der Waals surface area contributed by atoms with Gasteiger partial charge in [-0.15, -0.1) is 0 Å². The third kappa shape index (κ3) is 3.49. The van der Waals surface area contributed by atoms with Gasteiger partial charge in [0.25, 0.3) is 0 Å². The lowest BCUT2D eigenvalue weighted by Crippen LogP contribution is -2.40. The Morgan fingerprint density at radius 2 is 2.24 bits per heavy atom. The van der Waals surface area contributed by atoms with Crippen molar-refractivity contribution in [3.05, 3.63) is 35.1 Å². The molecule has 0 radical (unpaired) electrons. The fourth-order valence-electron chi connectivity index (χ4n) is 3.56. The van der Waals surface area contributed by atoms with E-state index in [-0.39, 0.29) is 36.5 Å². The summed E-state index contributed by atoms with van der Waals surface area (Å²) in [5.41, 5.74) is 0.763. The van der Waals surface area contributed by atoms with Crippen molar-refractivity contribution < 1.29 is 18.7 Å². The minimum absolute atomic E-state index is 0.0803. The van der Waals surface area contributed by atoms with Crippen LogP contribution in [0.1, 0.15) is 18.1 Å². The maximum Gasteiger partial charge on any atom is 0.416 e. The first-order valence-corrected chi connectivity index (χ1v) is 8.42. The fraction of sp³-hybridized carbons (Fsp3) is 0.500. The van der Waals surface area contributed by atoms with Crippen LogP contribution in [0.15, 0.2) is 18.2 Å². The molecule has 2 amide bonds. The fourth-order valence-corrected chi connectivity index (χ4v) is 3.56. The van der Waals surface area contributed by atoms with E-state index in [1.807, 2.05) is 13.0 Å². The summed E-state index contributed by atoms with van der Waals surface area (Å²) in [7, 11) is 0. The third-order valence-corrected chi connectivity index (χ3v) is 4.97. The maximum atomic E-state index is 14.2. The SMILES string of the molecule is CCN1CC(Cc2ccc(C#N)cc2F)C(C(=O)N2CCOC2=O)C1. The van der Waals surface area contributed by atoms with Gasteiger partial charge in [0.1, 0.15) is 12.4 Å². The number of carbonyl (C=O) groups is 2. The largest absolute Gasteiger partial charge is 0.447 e. The molecule has 7 heteroatoms. The van der Waals surface area contributed by atoms with Crippen LogP contribution in [0.25, 0.3) is 0 Å². The van der Waals surface area contributed by atoms with Gasteiger partial charge in [-0.25, -0.2) is 14.1 Å². The summed E-state index contributed by atoms with van der Waals surface area (Å²) in [6.07, 6.45) is -0.198. The van der Waals surface area contributed by atoms with Gasteiger partial charge in [-0.1, -0.05) is 13.0 Å². The molecule has 0 aromatic heterocycles. The number of hydrogen-bond donors (Lipinski definition) is 0. The van der Waals surface area contributed by atoms with E-state index in [1.54, 1.807) is 12.1 Å². The van der Waals surface area contributed by atoms with Gasteiger partial charge >= 0.3 is 6.09 Å². The van der Waals surface area contributed by atoms with E-state index in [1.165, 1.54) is 6.07 Å². The van der Waals surface area contributed by atoms with Crippen molar-refractivity contribution in [1.29, 1.82) is 5.26 Å². The van der Waals surface area contributed by atoms with E-state index in [4.69, 9.17) is 10.00 Å². The Balaban J connectivity index is 1.79. The monoisotopic (exact) mass is 345 g/mol. The zero-order chi connectivity index (χ0) is 18.0. The van der Waals surface area contributed by atoms with E-state index in [2.05, 4.69) is 4.90 Å². The molecule has 2 aliphatic heterocycles. The van der Waals surface area contributed by atoms with Gasteiger partial charge in [-0.2, -0.15) is 5.26 Å². The van der Waals surface area contributed by atoms with E-state index in [9.17, 15) is 14.0 Å². The second-order valence-corrected chi connectivity index (χ2v) is 6.45.